The number of halogens is 1. The molecule has 142 valence electrons. The second kappa shape index (κ2) is 5.96. The van der Waals surface area contributed by atoms with Gasteiger partial charge in [0.15, 0.2) is 15.4 Å². The van der Waals surface area contributed by atoms with Crippen molar-refractivity contribution in [2.45, 2.75) is 44.0 Å². The zero-order chi connectivity index (χ0) is 19.5. The van der Waals surface area contributed by atoms with Crippen LogP contribution in [-0.2, 0) is 24.2 Å². The van der Waals surface area contributed by atoms with Crippen molar-refractivity contribution in [3.05, 3.63) is 34.9 Å². The number of ether oxygens (including phenoxy) is 1. The lowest BCUT2D eigenvalue weighted by molar-refractivity contribution is -0.157. The molecule has 0 unspecified atom stereocenters. The predicted molar refractivity (Wildman–Crippen MR) is 97.4 cm³/mol. The number of benzene rings is 1. The lowest BCUT2D eigenvalue weighted by Crippen LogP contribution is -2.57. The van der Waals surface area contributed by atoms with Crippen LogP contribution >= 0.6 is 11.6 Å². The van der Waals surface area contributed by atoms with Crippen molar-refractivity contribution in [1.29, 1.82) is 0 Å². The molecule has 0 spiro atoms. The van der Waals surface area contributed by atoms with Crippen molar-refractivity contribution in [3.63, 3.8) is 0 Å². The van der Waals surface area contributed by atoms with Gasteiger partial charge in [-0.25, -0.2) is 13.2 Å². The van der Waals surface area contributed by atoms with Crippen molar-refractivity contribution in [2.24, 2.45) is 5.41 Å². The molecule has 2 aliphatic heterocycles. The maximum absolute atomic E-state index is 13.0. The van der Waals surface area contributed by atoms with E-state index < -0.39 is 43.8 Å². The molecule has 26 heavy (non-hydrogen) atoms. The van der Waals surface area contributed by atoms with Gasteiger partial charge in [0.1, 0.15) is 5.37 Å². The van der Waals surface area contributed by atoms with E-state index in [9.17, 15) is 18.0 Å². The fourth-order valence-corrected chi connectivity index (χ4v) is 7.44. The van der Waals surface area contributed by atoms with Crippen molar-refractivity contribution >= 4 is 33.3 Å². The van der Waals surface area contributed by atoms with Crippen LogP contribution in [0.15, 0.2) is 24.3 Å². The van der Waals surface area contributed by atoms with E-state index >= 15 is 0 Å². The number of nitrogens with zero attached hydrogens (tertiary/aromatic N) is 1. The highest BCUT2D eigenvalue weighted by molar-refractivity contribution is 7.92. The fraction of sp³-hybridized carbons (Fsp3) is 0.556. The van der Waals surface area contributed by atoms with Crippen LogP contribution in [0.3, 0.4) is 0 Å². The van der Waals surface area contributed by atoms with Crippen LogP contribution in [0.1, 0.15) is 38.7 Å². The first-order valence-electron chi connectivity index (χ1n) is 8.33. The molecule has 8 heteroatoms. The van der Waals surface area contributed by atoms with E-state index in [1.165, 1.54) is 12.0 Å². The molecule has 2 aliphatic rings. The summed E-state index contributed by atoms with van der Waals surface area (Å²) in [6.07, 6.45) is 0.0544. The molecule has 0 aromatic heterocycles. The van der Waals surface area contributed by atoms with E-state index in [0.717, 1.165) is 0 Å². The number of hydrogen-bond acceptors (Lipinski definition) is 5. The Morgan fingerprint density at radius 2 is 1.85 bits per heavy atom. The number of rotatable bonds is 2. The topological polar surface area (TPSA) is 80.8 Å². The summed E-state index contributed by atoms with van der Waals surface area (Å²) in [5.41, 5.74) is -1.59. The summed E-state index contributed by atoms with van der Waals surface area (Å²) in [5, 5.41) is -0.549. The number of sulfone groups is 1. The Balaban J connectivity index is 2.24. The highest BCUT2D eigenvalue weighted by Gasteiger charge is 2.71. The normalized spacial score (nSPS) is 30.3. The number of hydrogen-bond donors (Lipinski definition) is 0. The largest absolute Gasteiger partial charge is 0.467 e. The smallest absolute Gasteiger partial charge is 0.333 e. The van der Waals surface area contributed by atoms with Gasteiger partial charge in [0, 0.05) is 17.4 Å². The van der Waals surface area contributed by atoms with E-state index in [1.807, 2.05) is 0 Å². The highest BCUT2D eigenvalue weighted by Crippen LogP contribution is 2.53. The predicted octanol–water partition coefficient (Wildman–Crippen LogP) is 2.37. The van der Waals surface area contributed by atoms with E-state index in [1.54, 1.807) is 45.0 Å². The molecule has 3 rings (SSSR count). The molecule has 0 bridgehead atoms. The first-order valence-corrected chi connectivity index (χ1v) is 10.4. The molecular formula is C18H22ClNO5S. The Morgan fingerprint density at radius 3 is 2.35 bits per heavy atom. The first-order chi connectivity index (χ1) is 11.9. The molecule has 2 saturated heterocycles. The van der Waals surface area contributed by atoms with Gasteiger partial charge in [0.25, 0.3) is 0 Å². The highest BCUT2D eigenvalue weighted by atomic mass is 35.5. The summed E-state index contributed by atoms with van der Waals surface area (Å²) in [6, 6.07) is 6.79. The van der Waals surface area contributed by atoms with E-state index in [0.29, 0.717) is 10.6 Å². The van der Waals surface area contributed by atoms with Crippen LogP contribution in [0.5, 0.6) is 0 Å². The average Bonchev–Trinajstić information content (AvgIpc) is 2.95. The third kappa shape index (κ3) is 2.63. The number of carbonyl (C=O) groups excluding carboxylic acids is 2. The van der Waals surface area contributed by atoms with Gasteiger partial charge in [-0.15, -0.1) is 0 Å². The monoisotopic (exact) mass is 399 g/mol. The molecule has 0 aliphatic carbocycles. The Morgan fingerprint density at radius 1 is 1.27 bits per heavy atom. The summed E-state index contributed by atoms with van der Waals surface area (Å²) in [4.78, 5) is 27.0. The van der Waals surface area contributed by atoms with Crippen LogP contribution in [0.4, 0.5) is 0 Å². The van der Waals surface area contributed by atoms with Crippen LogP contribution < -0.4 is 0 Å². The molecule has 1 aromatic carbocycles. The molecule has 6 nitrogen and oxygen atoms in total. The summed E-state index contributed by atoms with van der Waals surface area (Å²) in [6.45, 7) is 5.27. The second-order valence-corrected chi connectivity index (χ2v) is 10.5. The Labute approximate surface area is 158 Å². The summed E-state index contributed by atoms with van der Waals surface area (Å²) in [7, 11) is -2.51. The summed E-state index contributed by atoms with van der Waals surface area (Å²) < 4.78 is 31.0. The summed E-state index contributed by atoms with van der Waals surface area (Å²) >= 11 is 5.95. The average molecular weight is 400 g/mol. The molecule has 2 heterocycles. The quantitative estimate of drug-likeness (QED) is 0.713. The summed E-state index contributed by atoms with van der Waals surface area (Å²) in [5.74, 6) is -2.09. The standard InChI is InChI=1S/C18H22ClNO5S/c1-17(2,3)15-20-14(21)9-13(11-5-7-12(19)8-6-11)18(20,16(22)25-4)10-26(15,23)24/h5-8,13,15H,9-10H2,1-4H3/t13-,15-,18-/m1/s1. The van der Waals surface area contributed by atoms with Gasteiger partial charge in [0.2, 0.25) is 5.91 Å². The van der Waals surface area contributed by atoms with Crippen molar-refractivity contribution < 1.29 is 22.7 Å². The second-order valence-electron chi connectivity index (χ2n) is 8.01. The number of esters is 1. The number of methoxy groups -OCH3 is 1. The Kier molecular flexibility index (Phi) is 4.39. The molecule has 1 aromatic rings. The molecule has 1 amide bonds. The minimum atomic E-state index is -3.72. The van der Waals surface area contributed by atoms with Gasteiger partial charge in [0.05, 0.1) is 12.9 Å². The van der Waals surface area contributed by atoms with Crippen LogP contribution in [0.25, 0.3) is 0 Å². The SMILES string of the molecule is COC(=O)[C@]12CS(=O)(=O)[C@H](C(C)(C)C)N1C(=O)C[C@@H]2c1ccc(Cl)cc1. The van der Waals surface area contributed by atoms with E-state index in [-0.39, 0.29) is 12.3 Å². The molecule has 0 saturated carbocycles. The maximum atomic E-state index is 13.0. The van der Waals surface area contributed by atoms with Crippen molar-refractivity contribution in [2.75, 3.05) is 12.9 Å². The van der Waals surface area contributed by atoms with E-state index in [4.69, 9.17) is 16.3 Å². The lowest BCUT2D eigenvalue weighted by atomic mass is 9.80. The van der Waals surface area contributed by atoms with Crippen LogP contribution in [0, 0.1) is 5.41 Å². The minimum absolute atomic E-state index is 0.0544. The zero-order valence-electron chi connectivity index (χ0n) is 15.2. The maximum Gasteiger partial charge on any atom is 0.333 e. The zero-order valence-corrected chi connectivity index (χ0v) is 16.7. The fourth-order valence-electron chi connectivity index (χ4n) is 4.38. The van der Waals surface area contributed by atoms with Gasteiger partial charge < -0.3 is 9.64 Å². The van der Waals surface area contributed by atoms with Gasteiger partial charge in [-0.3, -0.25) is 4.79 Å². The van der Waals surface area contributed by atoms with Gasteiger partial charge >= 0.3 is 5.97 Å². The van der Waals surface area contributed by atoms with Crippen molar-refractivity contribution in [1.82, 2.24) is 4.90 Å². The number of carbonyl (C=O) groups is 2. The Hall–Kier alpha value is -1.60. The van der Waals surface area contributed by atoms with Crippen LogP contribution in [0.2, 0.25) is 5.02 Å². The minimum Gasteiger partial charge on any atom is -0.467 e. The van der Waals surface area contributed by atoms with Crippen LogP contribution in [-0.4, -0.2) is 49.0 Å². The molecule has 3 atom stereocenters. The molecule has 0 N–H and O–H groups in total. The molecular weight excluding hydrogens is 378 g/mol. The first kappa shape index (κ1) is 19.2. The number of fused-ring (bicyclic) bond motifs is 1. The van der Waals surface area contributed by atoms with Gasteiger partial charge in [-0.1, -0.05) is 44.5 Å². The number of amides is 1. The van der Waals surface area contributed by atoms with Gasteiger partial charge in [-0.2, -0.15) is 0 Å². The molecule has 0 radical (unpaired) electrons. The van der Waals surface area contributed by atoms with Gasteiger partial charge in [-0.05, 0) is 23.1 Å². The van der Waals surface area contributed by atoms with E-state index in [2.05, 4.69) is 0 Å². The Bertz CT molecular complexity index is 859. The third-order valence-electron chi connectivity index (χ3n) is 5.20. The third-order valence-corrected chi connectivity index (χ3v) is 7.89. The lowest BCUT2D eigenvalue weighted by Gasteiger charge is -2.38. The molecule has 2 fully saturated rings. The van der Waals surface area contributed by atoms with Crippen molar-refractivity contribution in [3.8, 4) is 0 Å².